The molecule has 0 aliphatic carbocycles. The summed E-state index contributed by atoms with van der Waals surface area (Å²) in [6, 6.07) is 16.6. The zero-order valence-corrected chi connectivity index (χ0v) is 17.7. The molecular weight excluding hydrogens is 392 g/mol. The van der Waals surface area contributed by atoms with E-state index in [4.69, 9.17) is 9.47 Å². The first-order valence-electron chi connectivity index (χ1n) is 9.40. The van der Waals surface area contributed by atoms with Crippen LogP contribution in [0.4, 0.5) is 5.69 Å². The maximum atomic E-state index is 12.1. The van der Waals surface area contributed by atoms with E-state index in [1.807, 2.05) is 30.3 Å². The minimum absolute atomic E-state index is 0.128. The van der Waals surface area contributed by atoms with Crippen molar-refractivity contribution in [3.8, 4) is 5.75 Å². The summed E-state index contributed by atoms with van der Waals surface area (Å²) in [5.41, 5.74) is 1.63. The molecule has 7 nitrogen and oxygen atoms in total. The summed E-state index contributed by atoms with van der Waals surface area (Å²) >= 11 is 0. The molecule has 0 saturated carbocycles. The monoisotopic (exact) mass is 420 g/mol. The van der Waals surface area contributed by atoms with Crippen molar-refractivity contribution in [1.29, 1.82) is 0 Å². The standard InChI is InChI=1S/C21H28N2O5S/c1-27-20-12-10-19(11-13-20)23(29(2,25)26)15-6-9-21(24)22-14-16-28-17-18-7-4-3-5-8-18/h3-5,7-8,10-13H,6,9,14-17H2,1-2H3,(H,22,24). The Morgan fingerprint density at radius 3 is 2.38 bits per heavy atom. The summed E-state index contributed by atoms with van der Waals surface area (Å²) in [5, 5.41) is 2.79. The molecule has 0 atom stereocenters. The van der Waals surface area contributed by atoms with Crippen LogP contribution in [-0.2, 0) is 26.2 Å². The lowest BCUT2D eigenvalue weighted by molar-refractivity contribution is -0.121. The van der Waals surface area contributed by atoms with Crippen molar-refractivity contribution in [2.45, 2.75) is 19.4 Å². The molecule has 0 aromatic heterocycles. The maximum Gasteiger partial charge on any atom is 0.232 e. The summed E-state index contributed by atoms with van der Waals surface area (Å²) < 4.78 is 36.1. The van der Waals surface area contributed by atoms with E-state index < -0.39 is 10.0 Å². The highest BCUT2D eigenvalue weighted by Crippen LogP contribution is 2.21. The van der Waals surface area contributed by atoms with Gasteiger partial charge >= 0.3 is 0 Å². The van der Waals surface area contributed by atoms with Gasteiger partial charge in [-0.2, -0.15) is 0 Å². The molecule has 1 amide bonds. The second-order valence-electron chi connectivity index (χ2n) is 6.52. The largest absolute Gasteiger partial charge is 0.497 e. The number of sulfonamides is 1. The molecule has 2 rings (SSSR count). The van der Waals surface area contributed by atoms with Gasteiger partial charge in [0.05, 0.1) is 32.3 Å². The zero-order chi connectivity index (χ0) is 21.1. The number of methoxy groups -OCH3 is 1. The number of hydrogen-bond donors (Lipinski definition) is 1. The highest BCUT2D eigenvalue weighted by atomic mass is 32.2. The van der Waals surface area contributed by atoms with Gasteiger partial charge in [-0.25, -0.2) is 8.42 Å². The third-order valence-corrected chi connectivity index (χ3v) is 5.40. The van der Waals surface area contributed by atoms with Gasteiger partial charge in [-0.05, 0) is 36.2 Å². The number of amides is 1. The van der Waals surface area contributed by atoms with Crippen LogP contribution in [0.1, 0.15) is 18.4 Å². The van der Waals surface area contributed by atoms with Gasteiger partial charge in [-0.15, -0.1) is 0 Å². The average molecular weight is 421 g/mol. The van der Waals surface area contributed by atoms with Gasteiger partial charge in [0, 0.05) is 19.5 Å². The zero-order valence-electron chi connectivity index (χ0n) is 16.8. The molecular formula is C21H28N2O5S. The van der Waals surface area contributed by atoms with Gasteiger partial charge in [0.2, 0.25) is 15.9 Å². The number of benzene rings is 2. The average Bonchev–Trinajstić information content (AvgIpc) is 2.71. The molecule has 1 N–H and O–H groups in total. The first-order chi connectivity index (χ1) is 13.9. The minimum atomic E-state index is -3.45. The van der Waals surface area contributed by atoms with Gasteiger partial charge < -0.3 is 14.8 Å². The van der Waals surface area contributed by atoms with Crippen LogP contribution in [0.5, 0.6) is 5.75 Å². The SMILES string of the molecule is COc1ccc(N(CCCC(=O)NCCOCc2ccccc2)S(C)(=O)=O)cc1. The highest BCUT2D eigenvalue weighted by Gasteiger charge is 2.17. The van der Waals surface area contributed by atoms with Crippen LogP contribution >= 0.6 is 0 Å². The second-order valence-corrected chi connectivity index (χ2v) is 8.43. The maximum absolute atomic E-state index is 12.1. The first kappa shape index (κ1) is 22.7. The Balaban J connectivity index is 1.70. The summed E-state index contributed by atoms with van der Waals surface area (Å²) in [4.78, 5) is 12.0. The molecule has 0 saturated heterocycles. The summed E-state index contributed by atoms with van der Waals surface area (Å²) in [7, 11) is -1.90. The van der Waals surface area contributed by atoms with Crippen LogP contribution in [0.2, 0.25) is 0 Å². The van der Waals surface area contributed by atoms with E-state index in [9.17, 15) is 13.2 Å². The predicted octanol–water partition coefficient (Wildman–Crippen LogP) is 2.57. The Morgan fingerprint density at radius 1 is 1.07 bits per heavy atom. The van der Waals surface area contributed by atoms with Crippen LogP contribution in [0, 0.1) is 0 Å². The van der Waals surface area contributed by atoms with Crippen molar-refractivity contribution in [3.63, 3.8) is 0 Å². The predicted molar refractivity (Wildman–Crippen MR) is 114 cm³/mol. The summed E-state index contributed by atoms with van der Waals surface area (Å²) in [6.45, 7) is 1.56. The molecule has 2 aromatic carbocycles. The van der Waals surface area contributed by atoms with Crippen molar-refractivity contribution in [2.24, 2.45) is 0 Å². The molecule has 0 fully saturated rings. The van der Waals surface area contributed by atoms with Crippen molar-refractivity contribution in [3.05, 3.63) is 60.2 Å². The third-order valence-electron chi connectivity index (χ3n) is 4.21. The topological polar surface area (TPSA) is 84.9 Å². The van der Waals surface area contributed by atoms with Gasteiger partial charge in [-0.3, -0.25) is 9.10 Å². The number of carbonyl (C=O) groups is 1. The Labute approximate surface area is 172 Å². The first-order valence-corrected chi connectivity index (χ1v) is 11.2. The van der Waals surface area contributed by atoms with Crippen LogP contribution in [-0.4, -0.2) is 47.4 Å². The molecule has 29 heavy (non-hydrogen) atoms. The van der Waals surface area contributed by atoms with E-state index >= 15 is 0 Å². The molecule has 0 radical (unpaired) electrons. The Morgan fingerprint density at radius 2 is 1.76 bits per heavy atom. The Bertz CT molecular complexity index is 854. The Kier molecular flexibility index (Phi) is 8.95. The molecule has 0 aliphatic rings. The van der Waals surface area contributed by atoms with Gasteiger partial charge in [0.25, 0.3) is 0 Å². The van der Waals surface area contributed by atoms with E-state index in [2.05, 4.69) is 5.32 Å². The fraction of sp³-hybridized carbons (Fsp3) is 0.381. The quantitative estimate of drug-likeness (QED) is 0.534. The minimum Gasteiger partial charge on any atom is -0.497 e. The molecule has 158 valence electrons. The van der Waals surface area contributed by atoms with E-state index in [-0.39, 0.29) is 18.9 Å². The number of nitrogens with one attached hydrogen (secondary N) is 1. The van der Waals surface area contributed by atoms with Crippen molar-refractivity contribution in [2.75, 3.05) is 37.4 Å². The van der Waals surface area contributed by atoms with E-state index in [0.29, 0.717) is 37.6 Å². The van der Waals surface area contributed by atoms with E-state index in [0.717, 1.165) is 11.8 Å². The molecule has 0 heterocycles. The molecule has 0 unspecified atom stereocenters. The lowest BCUT2D eigenvalue weighted by Crippen LogP contribution is -2.32. The van der Waals surface area contributed by atoms with Crippen LogP contribution in [0.25, 0.3) is 0 Å². The fourth-order valence-electron chi connectivity index (χ4n) is 2.73. The highest BCUT2D eigenvalue weighted by molar-refractivity contribution is 7.92. The van der Waals surface area contributed by atoms with Gasteiger partial charge in [-0.1, -0.05) is 30.3 Å². The molecule has 0 bridgehead atoms. The Hall–Kier alpha value is -2.58. The van der Waals surface area contributed by atoms with Crippen LogP contribution in [0.15, 0.2) is 54.6 Å². The van der Waals surface area contributed by atoms with Crippen LogP contribution < -0.4 is 14.4 Å². The number of anilines is 1. The molecule has 0 aliphatic heterocycles. The fourth-order valence-corrected chi connectivity index (χ4v) is 3.70. The number of carbonyl (C=O) groups excluding carboxylic acids is 1. The molecule has 0 spiro atoms. The number of nitrogens with zero attached hydrogens (tertiary/aromatic N) is 1. The number of hydrogen-bond acceptors (Lipinski definition) is 5. The normalized spacial score (nSPS) is 11.1. The summed E-state index contributed by atoms with van der Waals surface area (Å²) in [6.07, 6.45) is 1.80. The number of ether oxygens (including phenoxy) is 2. The second kappa shape index (κ2) is 11.4. The van der Waals surface area contributed by atoms with Gasteiger partial charge in [0.15, 0.2) is 0 Å². The van der Waals surface area contributed by atoms with Crippen LogP contribution in [0.3, 0.4) is 0 Å². The lowest BCUT2D eigenvalue weighted by atomic mass is 10.2. The lowest BCUT2D eigenvalue weighted by Gasteiger charge is -2.22. The van der Waals surface area contributed by atoms with E-state index in [1.54, 1.807) is 31.4 Å². The van der Waals surface area contributed by atoms with Crippen molar-refractivity contribution >= 4 is 21.6 Å². The van der Waals surface area contributed by atoms with Crippen molar-refractivity contribution in [1.82, 2.24) is 5.32 Å². The molecule has 8 heteroatoms. The van der Waals surface area contributed by atoms with Gasteiger partial charge in [0.1, 0.15) is 5.75 Å². The van der Waals surface area contributed by atoms with Crippen molar-refractivity contribution < 1.29 is 22.7 Å². The summed E-state index contributed by atoms with van der Waals surface area (Å²) in [5.74, 6) is 0.521. The van der Waals surface area contributed by atoms with E-state index in [1.165, 1.54) is 4.31 Å². The molecule has 2 aromatic rings. The third kappa shape index (κ3) is 8.13. The number of rotatable bonds is 12. The smallest absolute Gasteiger partial charge is 0.232 e.